The van der Waals surface area contributed by atoms with Gasteiger partial charge >= 0.3 is 0 Å². The molecule has 1 aliphatic rings. The maximum Gasteiger partial charge on any atom is 0.0558 e. The summed E-state index contributed by atoms with van der Waals surface area (Å²) in [5.41, 5.74) is 0.259. The largest absolute Gasteiger partial charge is 0.393 e. The summed E-state index contributed by atoms with van der Waals surface area (Å²) in [5.74, 6) is 0. The van der Waals surface area contributed by atoms with Crippen LogP contribution in [-0.2, 0) is 0 Å². The van der Waals surface area contributed by atoms with Crippen LogP contribution in [-0.4, -0.2) is 23.8 Å². The molecular weight excluding hydrogens is 174 g/mol. The minimum Gasteiger partial charge on any atom is -0.393 e. The normalized spacial score (nSPS) is 31.1. The van der Waals surface area contributed by atoms with Gasteiger partial charge in [-0.2, -0.15) is 0 Å². The lowest BCUT2D eigenvalue weighted by atomic mass is 9.91. The molecule has 0 radical (unpaired) electrons. The first-order valence-corrected chi connectivity index (χ1v) is 6.09. The van der Waals surface area contributed by atoms with Gasteiger partial charge in [-0.1, -0.05) is 33.6 Å². The van der Waals surface area contributed by atoms with Crippen LogP contribution in [0, 0.1) is 0 Å². The predicted molar refractivity (Wildman–Crippen MR) is 62.5 cm³/mol. The van der Waals surface area contributed by atoms with Gasteiger partial charge < -0.3 is 10.4 Å². The summed E-state index contributed by atoms with van der Waals surface area (Å²) in [6.45, 7) is 6.22. The average molecular weight is 201 g/mol. The second-order valence-corrected chi connectivity index (χ2v) is 4.03. The van der Waals surface area contributed by atoms with Gasteiger partial charge in [-0.3, -0.25) is 0 Å². The van der Waals surface area contributed by atoms with Crippen LogP contribution in [0.2, 0.25) is 0 Å². The Labute approximate surface area is 89.1 Å². The fourth-order valence-corrected chi connectivity index (χ4v) is 2.19. The molecule has 2 atom stereocenters. The van der Waals surface area contributed by atoms with Gasteiger partial charge in [0, 0.05) is 5.54 Å². The SMILES string of the molecule is CC.CCCCC1(NC)CCC(O)C1. The van der Waals surface area contributed by atoms with Crippen LogP contribution in [0.3, 0.4) is 0 Å². The lowest BCUT2D eigenvalue weighted by Crippen LogP contribution is -2.40. The van der Waals surface area contributed by atoms with Crippen molar-refractivity contribution < 1.29 is 5.11 Å². The van der Waals surface area contributed by atoms with E-state index >= 15 is 0 Å². The fraction of sp³-hybridized carbons (Fsp3) is 1.00. The molecule has 0 saturated heterocycles. The molecule has 14 heavy (non-hydrogen) atoms. The van der Waals surface area contributed by atoms with Gasteiger partial charge in [-0.05, 0) is 32.7 Å². The van der Waals surface area contributed by atoms with E-state index in [1.807, 2.05) is 20.9 Å². The minimum atomic E-state index is -0.0608. The number of aliphatic hydroxyl groups excluding tert-OH is 1. The summed E-state index contributed by atoms with van der Waals surface area (Å²) >= 11 is 0. The molecule has 1 saturated carbocycles. The van der Waals surface area contributed by atoms with E-state index in [-0.39, 0.29) is 11.6 Å². The Morgan fingerprint density at radius 3 is 2.43 bits per heavy atom. The van der Waals surface area contributed by atoms with E-state index in [2.05, 4.69) is 12.2 Å². The van der Waals surface area contributed by atoms with Crippen LogP contribution in [0.25, 0.3) is 0 Å². The molecular formula is C12H27NO. The van der Waals surface area contributed by atoms with Gasteiger partial charge in [0.15, 0.2) is 0 Å². The van der Waals surface area contributed by atoms with Crippen LogP contribution >= 0.6 is 0 Å². The van der Waals surface area contributed by atoms with Crippen molar-refractivity contribution in [1.82, 2.24) is 5.32 Å². The number of aliphatic hydroxyl groups is 1. The lowest BCUT2D eigenvalue weighted by molar-refractivity contribution is 0.166. The summed E-state index contributed by atoms with van der Waals surface area (Å²) in [6.07, 6.45) is 6.75. The Morgan fingerprint density at radius 1 is 1.43 bits per heavy atom. The summed E-state index contributed by atoms with van der Waals surface area (Å²) in [4.78, 5) is 0. The summed E-state index contributed by atoms with van der Waals surface area (Å²) < 4.78 is 0. The topological polar surface area (TPSA) is 32.3 Å². The van der Waals surface area contributed by atoms with E-state index in [1.54, 1.807) is 0 Å². The van der Waals surface area contributed by atoms with Crippen molar-refractivity contribution in [2.75, 3.05) is 7.05 Å². The molecule has 0 aliphatic heterocycles. The number of hydrogen-bond donors (Lipinski definition) is 2. The number of unbranched alkanes of at least 4 members (excludes halogenated alkanes) is 1. The monoisotopic (exact) mass is 201 g/mol. The quantitative estimate of drug-likeness (QED) is 0.733. The zero-order valence-electron chi connectivity index (χ0n) is 10.3. The standard InChI is InChI=1S/C10H21NO.C2H6/c1-3-4-6-10(11-2)7-5-9(12)8-10;1-2/h9,11-12H,3-8H2,1-2H3;1-2H3. The van der Waals surface area contributed by atoms with Crippen molar-refractivity contribution in [3.05, 3.63) is 0 Å². The van der Waals surface area contributed by atoms with Crippen LogP contribution in [0.5, 0.6) is 0 Å². The van der Waals surface area contributed by atoms with Crippen LogP contribution < -0.4 is 5.32 Å². The van der Waals surface area contributed by atoms with Crippen molar-refractivity contribution >= 4 is 0 Å². The third-order valence-corrected chi connectivity index (χ3v) is 3.12. The first-order valence-electron chi connectivity index (χ1n) is 6.09. The van der Waals surface area contributed by atoms with Crippen molar-refractivity contribution in [2.45, 2.75) is 70.9 Å². The molecule has 2 nitrogen and oxygen atoms in total. The predicted octanol–water partition coefficient (Wildman–Crippen LogP) is 2.71. The number of rotatable bonds is 4. The fourth-order valence-electron chi connectivity index (χ4n) is 2.19. The Kier molecular flexibility index (Phi) is 7.20. The van der Waals surface area contributed by atoms with Crippen LogP contribution in [0.1, 0.15) is 59.3 Å². The highest BCUT2D eigenvalue weighted by atomic mass is 16.3. The van der Waals surface area contributed by atoms with E-state index in [4.69, 9.17) is 0 Å². The molecule has 2 heteroatoms. The Bertz CT molecular complexity index is 138. The molecule has 86 valence electrons. The van der Waals surface area contributed by atoms with E-state index in [1.165, 1.54) is 19.3 Å². The third-order valence-electron chi connectivity index (χ3n) is 3.12. The highest BCUT2D eigenvalue weighted by Crippen LogP contribution is 2.33. The number of nitrogens with one attached hydrogen (secondary N) is 1. The molecule has 0 aromatic carbocycles. The lowest BCUT2D eigenvalue weighted by Gasteiger charge is -2.28. The molecule has 0 amide bonds. The Hall–Kier alpha value is -0.0800. The van der Waals surface area contributed by atoms with Gasteiger partial charge in [0.2, 0.25) is 0 Å². The first kappa shape index (κ1) is 13.9. The van der Waals surface area contributed by atoms with E-state index < -0.39 is 0 Å². The van der Waals surface area contributed by atoms with E-state index in [0.29, 0.717) is 0 Å². The molecule has 0 heterocycles. The third kappa shape index (κ3) is 3.97. The smallest absolute Gasteiger partial charge is 0.0558 e. The highest BCUT2D eigenvalue weighted by molar-refractivity contribution is 4.95. The second kappa shape index (κ2) is 7.24. The van der Waals surface area contributed by atoms with Crippen LogP contribution in [0.4, 0.5) is 0 Å². The zero-order chi connectivity index (χ0) is 11.0. The highest BCUT2D eigenvalue weighted by Gasteiger charge is 2.36. The molecule has 0 bridgehead atoms. The molecule has 2 unspecified atom stereocenters. The van der Waals surface area contributed by atoms with Crippen molar-refractivity contribution in [3.8, 4) is 0 Å². The first-order chi connectivity index (χ1) is 6.72. The van der Waals surface area contributed by atoms with Gasteiger partial charge in [0.05, 0.1) is 6.10 Å². The van der Waals surface area contributed by atoms with E-state index in [9.17, 15) is 5.11 Å². The van der Waals surface area contributed by atoms with Crippen molar-refractivity contribution in [1.29, 1.82) is 0 Å². The molecule has 1 rings (SSSR count). The maximum absolute atomic E-state index is 9.46. The summed E-state index contributed by atoms with van der Waals surface area (Å²) in [7, 11) is 2.02. The average Bonchev–Trinajstić information content (AvgIpc) is 2.61. The maximum atomic E-state index is 9.46. The molecule has 0 aromatic rings. The molecule has 0 aromatic heterocycles. The Morgan fingerprint density at radius 2 is 2.07 bits per heavy atom. The zero-order valence-corrected chi connectivity index (χ0v) is 10.3. The molecule has 1 aliphatic carbocycles. The molecule has 0 spiro atoms. The molecule has 2 N–H and O–H groups in total. The van der Waals surface area contributed by atoms with Crippen LogP contribution in [0.15, 0.2) is 0 Å². The van der Waals surface area contributed by atoms with Gasteiger partial charge in [0.1, 0.15) is 0 Å². The second-order valence-electron chi connectivity index (χ2n) is 4.03. The van der Waals surface area contributed by atoms with Gasteiger partial charge in [0.25, 0.3) is 0 Å². The van der Waals surface area contributed by atoms with Gasteiger partial charge in [-0.25, -0.2) is 0 Å². The van der Waals surface area contributed by atoms with Crippen molar-refractivity contribution in [2.24, 2.45) is 0 Å². The Balaban J connectivity index is 0.000000791. The van der Waals surface area contributed by atoms with Gasteiger partial charge in [-0.15, -0.1) is 0 Å². The number of hydrogen-bond acceptors (Lipinski definition) is 2. The minimum absolute atomic E-state index is 0.0608. The summed E-state index contributed by atoms with van der Waals surface area (Å²) in [6, 6.07) is 0. The van der Waals surface area contributed by atoms with E-state index in [0.717, 1.165) is 19.3 Å². The van der Waals surface area contributed by atoms with Crippen molar-refractivity contribution in [3.63, 3.8) is 0 Å². The molecule has 1 fully saturated rings. The summed E-state index contributed by atoms with van der Waals surface area (Å²) in [5, 5.41) is 12.8.